The van der Waals surface area contributed by atoms with Crippen LogP contribution in [0, 0.1) is 6.92 Å². The van der Waals surface area contributed by atoms with Gasteiger partial charge in [-0.2, -0.15) is 0 Å². The minimum atomic E-state index is -0.859. The third-order valence-corrected chi connectivity index (χ3v) is 4.79. The number of carbonyl (C=O) groups is 1. The normalized spacial score (nSPS) is 21.1. The molecule has 0 bridgehead atoms. The van der Waals surface area contributed by atoms with E-state index in [9.17, 15) is 4.79 Å². The number of hydrogen-bond acceptors (Lipinski definition) is 4. The van der Waals surface area contributed by atoms with E-state index in [2.05, 4.69) is 16.8 Å². The molecule has 1 atom stereocenters. The van der Waals surface area contributed by atoms with Crippen molar-refractivity contribution in [2.75, 3.05) is 13.1 Å². The van der Waals surface area contributed by atoms with Crippen LogP contribution >= 0.6 is 11.3 Å². The quantitative estimate of drug-likeness (QED) is 0.912. The Morgan fingerprint density at radius 1 is 1.56 bits per heavy atom. The number of nitrogens with zero attached hydrogens (tertiary/aromatic N) is 2. The van der Waals surface area contributed by atoms with Gasteiger partial charge in [0, 0.05) is 19.0 Å². The van der Waals surface area contributed by atoms with Gasteiger partial charge in [-0.05, 0) is 33.2 Å². The van der Waals surface area contributed by atoms with Crippen LogP contribution in [0.15, 0.2) is 0 Å². The summed E-state index contributed by atoms with van der Waals surface area (Å²) >= 11 is 1.32. The number of aromatic nitrogens is 1. The molecule has 0 spiro atoms. The smallest absolute Gasteiger partial charge is 0.347 e. The summed E-state index contributed by atoms with van der Waals surface area (Å²) in [5, 5.41) is 9.94. The standard InChI is InChI=1S/C13H20N2O2S/c1-9-5-3-4-7-15(9)8-6-11-14-10(2)12(18-11)13(16)17/h9H,3-8H2,1-2H3,(H,16,17). The fourth-order valence-electron chi connectivity index (χ4n) is 2.49. The Balaban J connectivity index is 1.93. The van der Waals surface area contributed by atoms with Crippen LogP contribution in [-0.2, 0) is 6.42 Å². The lowest BCUT2D eigenvalue weighted by Gasteiger charge is -2.32. The Morgan fingerprint density at radius 2 is 2.33 bits per heavy atom. The van der Waals surface area contributed by atoms with Gasteiger partial charge in [-0.15, -0.1) is 11.3 Å². The summed E-state index contributed by atoms with van der Waals surface area (Å²) < 4.78 is 0. The summed E-state index contributed by atoms with van der Waals surface area (Å²) in [5.74, 6) is -0.859. The average molecular weight is 268 g/mol. The van der Waals surface area contributed by atoms with Crippen LogP contribution in [0.5, 0.6) is 0 Å². The maximum Gasteiger partial charge on any atom is 0.347 e. The molecule has 1 aromatic rings. The molecule has 1 fully saturated rings. The summed E-state index contributed by atoms with van der Waals surface area (Å²) in [5.41, 5.74) is 0.647. The second-order valence-corrected chi connectivity index (χ2v) is 6.04. The van der Waals surface area contributed by atoms with Crippen molar-refractivity contribution in [3.8, 4) is 0 Å². The molecular formula is C13H20N2O2S. The largest absolute Gasteiger partial charge is 0.477 e. The van der Waals surface area contributed by atoms with Crippen LogP contribution in [0.2, 0.25) is 0 Å². The predicted molar refractivity (Wildman–Crippen MR) is 72.4 cm³/mol. The van der Waals surface area contributed by atoms with E-state index in [0.29, 0.717) is 16.6 Å². The molecule has 0 aromatic carbocycles. The van der Waals surface area contributed by atoms with Gasteiger partial charge in [0.15, 0.2) is 0 Å². The molecule has 18 heavy (non-hydrogen) atoms. The third kappa shape index (κ3) is 3.09. The first kappa shape index (κ1) is 13.5. The molecule has 100 valence electrons. The fraction of sp³-hybridized carbons (Fsp3) is 0.692. The van der Waals surface area contributed by atoms with Crippen LogP contribution in [0.1, 0.15) is 46.6 Å². The molecule has 1 unspecified atom stereocenters. The second kappa shape index (κ2) is 5.80. The van der Waals surface area contributed by atoms with E-state index in [1.54, 1.807) is 6.92 Å². The zero-order valence-electron chi connectivity index (χ0n) is 11.0. The van der Waals surface area contributed by atoms with Crippen molar-refractivity contribution in [1.29, 1.82) is 0 Å². The lowest BCUT2D eigenvalue weighted by Crippen LogP contribution is -2.38. The summed E-state index contributed by atoms with van der Waals surface area (Å²) in [4.78, 5) is 18.2. The van der Waals surface area contributed by atoms with E-state index in [1.165, 1.54) is 30.6 Å². The van der Waals surface area contributed by atoms with E-state index < -0.39 is 5.97 Å². The van der Waals surface area contributed by atoms with Gasteiger partial charge in [0.2, 0.25) is 0 Å². The van der Waals surface area contributed by atoms with Crippen molar-refractivity contribution in [2.24, 2.45) is 0 Å². The van der Waals surface area contributed by atoms with Crippen molar-refractivity contribution in [2.45, 2.75) is 45.6 Å². The number of carboxylic acids is 1. The minimum Gasteiger partial charge on any atom is -0.477 e. The van der Waals surface area contributed by atoms with Crippen molar-refractivity contribution in [3.05, 3.63) is 15.6 Å². The number of piperidine rings is 1. The van der Waals surface area contributed by atoms with Crippen molar-refractivity contribution in [1.82, 2.24) is 9.88 Å². The highest BCUT2D eigenvalue weighted by Gasteiger charge is 2.19. The summed E-state index contributed by atoms with van der Waals surface area (Å²) in [6, 6.07) is 0.652. The Hall–Kier alpha value is -0.940. The molecule has 1 aliphatic heterocycles. The Bertz CT molecular complexity index is 431. The van der Waals surface area contributed by atoms with Crippen molar-refractivity contribution in [3.63, 3.8) is 0 Å². The SMILES string of the molecule is Cc1nc(CCN2CCCCC2C)sc1C(=O)O. The Labute approximate surface area is 112 Å². The molecule has 0 saturated carbocycles. The molecule has 5 heteroatoms. The number of hydrogen-bond donors (Lipinski definition) is 1. The summed E-state index contributed by atoms with van der Waals surface area (Å²) in [6.45, 7) is 6.20. The monoisotopic (exact) mass is 268 g/mol. The van der Waals surface area contributed by atoms with Crippen LogP contribution in [-0.4, -0.2) is 40.1 Å². The topological polar surface area (TPSA) is 53.4 Å². The van der Waals surface area contributed by atoms with E-state index >= 15 is 0 Å². The van der Waals surface area contributed by atoms with Crippen molar-refractivity contribution < 1.29 is 9.90 Å². The zero-order chi connectivity index (χ0) is 13.1. The maximum atomic E-state index is 11.0. The van der Waals surface area contributed by atoms with Gasteiger partial charge in [-0.1, -0.05) is 6.42 Å². The molecule has 2 heterocycles. The first-order valence-corrected chi connectivity index (χ1v) is 7.33. The molecule has 1 N–H and O–H groups in total. The Morgan fingerprint density at radius 3 is 2.94 bits per heavy atom. The molecular weight excluding hydrogens is 248 g/mol. The van der Waals surface area contributed by atoms with E-state index in [4.69, 9.17) is 5.11 Å². The van der Waals surface area contributed by atoms with Gasteiger partial charge >= 0.3 is 5.97 Å². The summed E-state index contributed by atoms with van der Waals surface area (Å²) in [7, 11) is 0. The maximum absolute atomic E-state index is 11.0. The van der Waals surface area contributed by atoms with E-state index in [1.807, 2.05) is 0 Å². The predicted octanol–water partition coefficient (Wildman–Crippen LogP) is 2.57. The fourth-order valence-corrected chi connectivity index (χ4v) is 3.38. The Kier molecular flexibility index (Phi) is 4.35. The first-order chi connectivity index (χ1) is 8.58. The van der Waals surface area contributed by atoms with Crippen LogP contribution in [0.3, 0.4) is 0 Å². The first-order valence-electron chi connectivity index (χ1n) is 6.51. The van der Waals surface area contributed by atoms with Crippen LogP contribution in [0.4, 0.5) is 0 Å². The molecule has 1 aromatic heterocycles. The van der Waals surface area contributed by atoms with Crippen LogP contribution < -0.4 is 0 Å². The number of aryl methyl sites for hydroxylation is 1. The summed E-state index contributed by atoms with van der Waals surface area (Å²) in [6.07, 6.45) is 4.75. The lowest BCUT2D eigenvalue weighted by atomic mass is 10.0. The number of thiazole rings is 1. The highest BCUT2D eigenvalue weighted by Crippen LogP contribution is 2.21. The molecule has 1 saturated heterocycles. The van der Waals surface area contributed by atoms with Gasteiger partial charge in [-0.25, -0.2) is 9.78 Å². The van der Waals surface area contributed by atoms with Crippen LogP contribution in [0.25, 0.3) is 0 Å². The minimum absolute atomic E-state index is 0.386. The van der Waals surface area contributed by atoms with Gasteiger partial charge in [0.25, 0.3) is 0 Å². The highest BCUT2D eigenvalue weighted by molar-refractivity contribution is 7.13. The number of carboxylic acid groups (broad SMARTS) is 1. The molecule has 2 rings (SSSR count). The second-order valence-electron chi connectivity index (χ2n) is 4.96. The van der Waals surface area contributed by atoms with Gasteiger partial charge in [0.05, 0.1) is 10.7 Å². The molecule has 0 radical (unpaired) electrons. The number of likely N-dealkylation sites (tertiary alicyclic amines) is 1. The third-order valence-electron chi connectivity index (χ3n) is 3.59. The zero-order valence-corrected chi connectivity index (χ0v) is 11.8. The molecule has 0 aliphatic carbocycles. The highest BCUT2D eigenvalue weighted by atomic mass is 32.1. The van der Waals surface area contributed by atoms with Crippen molar-refractivity contribution >= 4 is 17.3 Å². The average Bonchev–Trinajstić information content (AvgIpc) is 2.70. The molecule has 1 aliphatic rings. The van der Waals surface area contributed by atoms with E-state index in [-0.39, 0.29) is 0 Å². The van der Waals surface area contributed by atoms with Gasteiger partial charge in [0.1, 0.15) is 4.88 Å². The van der Waals surface area contributed by atoms with E-state index in [0.717, 1.165) is 24.5 Å². The number of aromatic carboxylic acids is 1. The van der Waals surface area contributed by atoms with Gasteiger partial charge < -0.3 is 10.0 Å². The molecule has 4 nitrogen and oxygen atoms in total. The van der Waals surface area contributed by atoms with Gasteiger partial charge in [-0.3, -0.25) is 0 Å². The molecule has 0 amide bonds. The number of rotatable bonds is 4. The lowest BCUT2D eigenvalue weighted by molar-refractivity contribution is 0.0701.